The fourth-order valence-corrected chi connectivity index (χ4v) is 2.79. The van der Waals surface area contributed by atoms with E-state index in [0.717, 1.165) is 16.7 Å². The Morgan fingerprint density at radius 3 is 2.30 bits per heavy atom. The first kappa shape index (κ1) is 16.6. The molecule has 0 unspecified atom stereocenters. The molecule has 0 aliphatic heterocycles. The van der Waals surface area contributed by atoms with E-state index in [0.29, 0.717) is 5.56 Å². The lowest BCUT2D eigenvalue weighted by Crippen LogP contribution is -2.17. The second kappa shape index (κ2) is 6.13. The molecule has 9 heteroatoms. The van der Waals surface area contributed by atoms with E-state index in [1.165, 1.54) is 6.07 Å². The van der Waals surface area contributed by atoms with Crippen molar-refractivity contribution >= 4 is 17.1 Å². The van der Waals surface area contributed by atoms with Gasteiger partial charge in [-0.2, -0.15) is 0 Å². The third-order valence-corrected chi connectivity index (χ3v) is 3.96. The van der Waals surface area contributed by atoms with Crippen molar-refractivity contribution in [3.8, 4) is 17.1 Å². The van der Waals surface area contributed by atoms with Crippen molar-refractivity contribution in [3.63, 3.8) is 0 Å². The van der Waals surface area contributed by atoms with Crippen LogP contribution in [0.2, 0.25) is 0 Å². The number of nitrogens with two attached hydrogens (primary N) is 1. The van der Waals surface area contributed by atoms with Crippen molar-refractivity contribution in [2.75, 3.05) is 0 Å². The first-order valence-electron chi connectivity index (χ1n) is 7.79. The van der Waals surface area contributed by atoms with E-state index in [4.69, 9.17) is 5.73 Å². The van der Waals surface area contributed by atoms with Crippen LogP contribution in [0.25, 0.3) is 28.2 Å². The van der Waals surface area contributed by atoms with Crippen molar-refractivity contribution in [1.82, 2.24) is 19.5 Å². The fourth-order valence-electron chi connectivity index (χ4n) is 2.79. The van der Waals surface area contributed by atoms with Crippen LogP contribution in [-0.2, 0) is 0 Å². The average Bonchev–Trinajstić information content (AvgIpc) is 2.97. The van der Waals surface area contributed by atoms with Gasteiger partial charge in [0.15, 0.2) is 17.2 Å². The monoisotopic (exact) mass is 367 g/mol. The molecule has 4 aromatic rings. The van der Waals surface area contributed by atoms with Crippen LogP contribution >= 0.6 is 0 Å². The highest BCUT2D eigenvalue weighted by atomic mass is 19.1. The quantitative estimate of drug-likeness (QED) is 0.579. The number of amides is 1. The van der Waals surface area contributed by atoms with Crippen LogP contribution in [0.15, 0.2) is 53.3 Å². The number of nitrogens with one attached hydrogen (secondary N) is 1. The fraction of sp³-hybridized carbons (Fsp3) is 0. The maximum absolute atomic E-state index is 14.3. The predicted molar refractivity (Wildman–Crippen MR) is 93.4 cm³/mol. The van der Waals surface area contributed by atoms with Gasteiger partial charge in [-0.15, -0.1) is 0 Å². The van der Waals surface area contributed by atoms with Crippen LogP contribution < -0.4 is 11.4 Å². The topological polar surface area (TPSA) is 107 Å². The van der Waals surface area contributed by atoms with E-state index in [1.807, 2.05) is 0 Å². The van der Waals surface area contributed by atoms with Gasteiger partial charge in [0.25, 0.3) is 5.91 Å². The zero-order valence-electron chi connectivity index (χ0n) is 13.6. The summed E-state index contributed by atoms with van der Waals surface area (Å²) in [6, 6.07) is 11.8. The van der Waals surface area contributed by atoms with Crippen molar-refractivity contribution in [3.05, 3.63) is 76.3 Å². The van der Waals surface area contributed by atoms with E-state index >= 15 is 0 Å². The van der Waals surface area contributed by atoms with Gasteiger partial charge >= 0.3 is 5.69 Å². The number of primary amides is 1. The number of nitrogens with zero attached hydrogens (tertiary/aromatic N) is 3. The summed E-state index contributed by atoms with van der Waals surface area (Å²) in [5.74, 6) is -2.75. The molecular formula is C18H11F2N5O2. The van der Waals surface area contributed by atoms with Crippen molar-refractivity contribution in [2.24, 2.45) is 5.73 Å². The van der Waals surface area contributed by atoms with Crippen molar-refractivity contribution in [2.45, 2.75) is 0 Å². The minimum Gasteiger partial charge on any atom is -0.364 e. The Morgan fingerprint density at radius 2 is 1.67 bits per heavy atom. The highest BCUT2D eigenvalue weighted by Crippen LogP contribution is 2.24. The summed E-state index contributed by atoms with van der Waals surface area (Å²) in [6.07, 6.45) is 0. The maximum atomic E-state index is 14.3. The Bertz CT molecular complexity index is 1230. The van der Waals surface area contributed by atoms with Crippen molar-refractivity contribution < 1.29 is 13.6 Å². The summed E-state index contributed by atoms with van der Waals surface area (Å²) in [4.78, 5) is 35.0. The molecule has 0 fully saturated rings. The number of benzene rings is 2. The number of rotatable bonds is 3. The molecule has 0 aliphatic carbocycles. The molecule has 0 radical (unpaired) electrons. The van der Waals surface area contributed by atoms with Crippen LogP contribution in [0.4, 0.5) is 8.78 Å². The molecule has 0 saturated heterocycles. The van der Waals surface area contributed by atoms with Crippen LogP contribution in [0.5, 0.6) is 0 Å². The molecular weight excluding hydrogens is 356 g/mol. The average molecular weight is 367 g/mol. The second-order valence-corrected chi connectivity index (χ2v) is 5.66. The summed E-state index contributed by atoms with van der Waals surface area (Å²) < 4.78 is 29.2. The molecule has 1 amide bonds. The van der Waals surface area contributed by atoms with Gasteiger partial charge in [0.2, 0.25) is 0 Å². The highest BCUT2D eigenvalue weighted by molar-refractivity contribution is 6.02. The number of para-hydroxylation sites is 1. The van der Waals surface area contributed by atoms with Crippen LogP contribution in [-0.4, -0.2) is 25.4 Å². The molecule has 0 atom stereocenters. The first-order chi connectivity index (χ1) is 13.0. The molecule has 27 heavy (non-hydrogen) atoms. The number of imidazole rings is 1. The number of carbonyl (C=O) groups is 1. The first-order valence-corrected chi connectivity index (χ1v) is 7.79. The Morgan fingerprint density at radius 1 is 1.00 bits per heavy atom. The minimum absolute atomic E-state index is 0.0846. The van der Waals surface area contributed by atoms with Crippen LogP contribution in [0, 0.1) is 11.6 Å². The molecule has 3 N–H and O–H groups in total. The molecule has 2 aromatic heterocycles. The Labute approximate surface area is 150 Å². The Balaban J connectivity index is 2.13. The molecule has 0 aliphatic rings. The normalized spacial score (nSPS) is 11.0. The van der Waals surface area contributed by atoms with Gasteiger partial charge in [-0.1, -0.05) is 36.4 Å². The lowest BCUT2D eigenvalue weighted by molar-refractivity contribution is 0.0997. The van der Waals surface area contributed by atoms with Crippen molar-refractivity contribution in [1.29, 1.82) is 0 Å². The third-order valence-electron chi connectivity index (χ3n) is 3.96. The molecule has 134 valence electrons. The van der Waals surface area contributed by atoms with Gasteiger partial charge in [0.1, 0.15) is 22.8 Å². The van der Waals surface area contributed by atoms with E-state index in [1.54, 1.807) is 30.3 Å². The van der Waals surface area contributed by atoms with Gasteiger partial charge in [0.05, 0.1) is 0 Å². The molecule has 4 rings (SSSR count). The number of aromatic nitrogens is 4. The number of carbonyl (C=O) groups excluding carboxylic acids is 1. The lowest BCUT2D eigenvalue weighted by atomic mass is 10.2. The summed E-state index contributed by atoms with van der Waals surface area (Å²) in [5, 5.41) is 0. The van der Waals surface area contributed by atoms with Crippen LogP contribution in [0.1, 0.15) is 10.5 Å². The summed E-state index contributed by atoms with van der Waals surface area (Å²) in [6.45, 7) is 0. The molecule has 2 aromatic carbocycles. The number of hydrogen-bond donors (Lipinski definition) is 2. The van der Waals surface area contributed by atoms with Gasteiger partial charge < -0.3 is 10.7 Å². The van der Waals surface area contributed by atoms with E-state index in [-0.39, 0.29) is 22.7 Å². The number of hydrogen-bond acceptors (Lipinski definition) is 4. The standard InChI is InChI=1S/C18H11F2N5O2/c19-10-7-4-8-11(20)14(10)25-17-13(23-18(25)27)12(15(21)26)22-16(24-17)9-5-2-1-3-6-9/h1-8H,(H2,21,26)(H,23,27). The van der Waals surface area contributed by atoms with Gasteiger partial charge in [-0.25, -0.2) is 28.1 Å². The lowest BCUT2D eigenvalue weighted by Gasteiger charge is -2.08. The molecule has 2 heterocycles. The van der Waals surface area contributed by atoms with E-state index in [2.05, 4.69) is 15.0 Å². The zero-order valence-corrected chi connectivity index (χ0v) is 13.6. The van der Waals surface area contributed by atoms with E-state index in [9.17, 15) is 18.4 Å². The largest absolute Gasteiger partial charge is 0.364 e. The number of H-pyrrole nitrogens is 1. The smallest absolute Gasteiger partial charge is 0.332 e. The van der Waals surface area contributed by atoms with E-state index < -0.39 is 28.9 Å². The number of aromatic amines is 1. The zero-order chi connectivity index (χ0) is 19.1. The second-order valence-electron chi connectivity index (χ2n) is 5.66. The predicted octanol–water partition coefficient (Wildman–Crippen LogP) is 2.15. The SMILES string of the molecule is NC(=O)c1nc(-c2ccccc2)nc2c1[nH]c(=O)n2-c1c(F)cccc1F. The van der Waals surface area contributed by atoms with Gasteiger partial charge in [0, 0.05) is 5.56 Å². The number of halogens is 2. The number of fused-ring (bicyclic) bond motifs is 1. The molecule has 0 saturated carbocycles. The van der Waals surface area contributed by atoms with Gasteiger partial charge in [-0.3, -0.25) is 4.79 Å². The summed E-state index contributed by atoms with van der Waals surface area (Å²) in [7, 11) is 0. The Kier molecular flexibility index (Phi) is 3.76. The molecule has 0 bridgehead atoms. The third kappa shape index (κ3) is 2.65. The highest BCUT2D eigenvalue weighted by Gasteiger charge is 2.23. The summed E-state index contributed by atoms with van der Waals surface area (Å²) in [5.41, 5.74) is 3.91. The molecule has 7 nitrogen and oxygen atoms in total. The Hall–Kier alpha value is -3.88. The maximum Gasteiger partial charge on any atom is 0.332 e. The minimum atomic E-state index is -0.960. The van der Waals surface area contributed by atoms with Crippen LogP contribution in [0.3, 0.4) is 0 Å². The summed E-state index contributed by atoms with van der Waals surface area (Å²) >= 11 is 0. The van der Waals surface area contributed by atoms with Gasteiger partial charge in [-0.05, 0) is 12.1 Å². The molecule has 0 spiro atoms.